The van der Waals surface area contributed by atoms with E-state index in [0.717, 1.165) is 32.0 Å². The number of rotatable bonds is 11. The number of methoxy groups -OCH3 is 1. The Hall–Kier alpha value is -3.13. The second-order valence-corrected chi connectivity index (χ2v) is 13.8. The van der Waals surface area contributed by atoms with Gasteiger partial charge < -0.3 is 40.1 Å². The van der Waals surface area contributed by atoms with Gasteiger partial charge in [0.25, 0.3) is 5.91 Å². The van der Waals surface area contributed by atoms with Crippen LogP contribution in [0.15, 0.2) is 17.1 Å². The molecular formula is C32H51N5O8. The molecule has 0 radical (unpaired) electrons. The highest BCUT2D eigenvalue weighted by atomic mass is 16.6. The number of hydrogen-bond acceptors (Lipinski definition) is 10. The van der Waals surface area contributed by atoms with Gasteiger partial charge in [-0.05, 0) is 57.1 Å². The summed E-state index contributed by atoms with van der Waals surface area (Å²) in [5.74, 6) is -1.26. The number of H-pyrrole nitrogens is 1. The predicted molar refractivity (Wildman–Crippen MR) is 168 cm³/mol. The lowest BCUT2D eigenvalue weighted by Gasteiger charge is -2.29. The van der Waals surface area contributed by atoms with E-state index < -0.39 is 52.8 Å². The van der Waals surface area contributed by atoms with Gasteiger partial charge in [0.1, 0.15) is 42.4 Å². The number of carbonyl (C=O) groups excluding carboxylic acids is 3. The first kappa shape index (κ1) is 36.3. The first-order valence-electron chi connectivity index (χ1n) is 15.6. The van der Waals surface area contributed by atoms with E-state index in [1.165, 1.54) is 20.0 Å². The predicted octanol–water partition coefficient (Wildman–Crippen LogP) is 3.07. The monoisotopic (exact) mass is 633 g/mol. The molecule has 0 aromatic carbocycles. The Morgan fingerprint density at radius 2 is 1.84 bits per heavy atom. The van der Waals surface area contributed by atoms with Crippen molar-refractivity contribution >= 4 is 30.0 Å². The third-order valence-corrected chi connectivity index (χ3v) is 8.87. The number of aromatic nitrogens is 1. The summed E-state index contributed by atoms with van der Waals surface area (Å²) in [6, 6.07) is 2.26. The maximum Gasteiger partial charge on any atom is 0.323 e. The lowest BCUT2D eigenvalue weighted by atomic mass is 9.87. The fourth-order valence-corrected chi connectivity index (χ4v) is 5.47. The number of carbonyl (C=O) groups is 3. The minimum absolute atomic E-state index is 0.0468. The minimum atomic E-state index is -1.46. The number of aliphatic imine (C=N–C) groups is 1. The fraction of sp³-hybridized carbons (Fsp3) is 0.719. The van der Waals surface area contributed by atoms with E-state index >= 15 is 0 Å². The molecule has 2 aliphatic rings. The van der Waals surface area contributed by atoms with Gasteiger partial charge in [-0.2, -0.15) is 0 Å². The summed E-state index contributed by atoms with van der Waals surface area (Å²) >= 11 is 0. The molecule has 1 aromatic rings. The number of aliphatic hydroxyl groups excluding tert-OH is 1. The van der Waals surface area contributed by atoms with E-state index in [-0.39, 0.29) is 24.3 Å². The molecule has 45 heavy (non-hydrogen) atoms. The standard InChI is InChI=1S/C32H51N5O8/c1-30(2,3)25(34)28(40)44-24-21(17-43-23(38)16-19-12-10-8-9-11-13-19)45-32(6,26(24)39)22-15-14-20(36-22)27(35-18-33)37-29(41)31(4,5)42-7/h14-15,18-19,21,24-26,36,39H,8-13,16-17,34H2,1-7H3,(H2,33,35,37,41)/t21-,24-,25+,26-,32+/m1/s1. The summed E-state index contributed by atoms with van der Waals surface area (Å²) in [6.45, 7) is 9.96. The molecule has 5 atom stereocenters. The molecule has 252 valence electrons. The zero-order valence-corrected chi connectivity index (χ0v) is 27.6. The molecule has 6 N–H and O–H groups in total. The molecule has 1 aliphatic heterocycles. The van der Waals surface area contributed by atoms with Crippen molar-refractivity contribution in [3.05, 3.63) is 23.5 Å². The maximum absolute atomic E-state index is 13.1. The zero-order chi connectivity index (χ0) is 33.6. The van der Waals surface area contributed by atoms with Gasteiger partial charge in [-0.15, -0.1) is 0 Å². The SMILES string of the molecule is COC(C)(C)C(=O)NC(=NC=N)c1ccc([C@]2(C)O[C@H](COC(=O)CC3CCCCCC3)[C@@H](OC(=O)[C@H](N)C(C)(C)C)[C@H]2O)[nH]1. The van der Waals surface area contributed by atoms with Gasteiger partial charge >= 0.3 is 11.9 Å². The smallest absolute Gasteiger partial charge is 0.323 e. The number of hydrogen-bond donors (Lipinski definition) is 5. The zero-order valence-electron chi connectivity index (χ0n) is 27.6. The van der Waals surface area contributed by atoms with E-state index in [9.17, 15) is 19.5 Å². The summed E-state index contributed by atoms with van der Waals surface area (Å²) in [5.41, 5.74) is 3.63. The Morgan fingerprint density at radius 1 is 1.20 bits per heavy atom. The minimum Gasteiger partial charge on any atom is -0.463 e. The van der Waals surface area contributed by atoms with Gasteiger partial charge in [0.2, 0.25) is 0 Å². The Labute approximate surface area is 265 Å². The first-order chi connectivity index (χ1) is 21.0. The molecule has 1 amide bonds. The molecule has 3 rings (SSSR count). The van der Waals surface area contributed by atoms with Crippen molar-refractivity contribution in [2.24, 2.45) is 22.1 Å². The van der Waals surface area contributed by atoms with Crippen molar-refractivity contribution in [2.45, 2.75) is 122 Å². The van der Waals surface area contributed by atoms with Gasteiger partial charge in [0.15, 0.2) is 11.9 Å². The van der Waals surface area contributed by atoms with Gasteiger partial charge in [-0.3, -0.25) is 19.8 Å². The van der Waals surface area contributed by atoms with E-state index in [1.807, 2.05) is 0 Å². The summed E-state index contributed by atoms with van der Waals surface area (Å²) < 4.78 is 23.0. The van der Waals surface area contributed by atoms with Crippen LogP contribution in [0.4, 0.5) is 0 Å². The van der Waals surface area contributed by atoms with Crippen LogP contribution in [-0.2, 0) is 38.9 Å². The van der Waals surface area contributed by atoms with Crippen LogP contribution in [0.2, 0.25) is 0 Å². The van der Waals surface area contributed by atoms with E-state index in [0.29, 0.717) is 17.8 Å². The average Bonchev–Trinajstić information content (AvgIpc) is 3.46. The van der Waals surface area contributed by atoms with Gasteiger partial charge in [-0.1, -0.05) is 46.5 Å². The number of amides is 1. The molecule has 0 unspecified atom stereocenters. The van der Waals surface area contributed by atoms with Crippen LogP contribution in [0.5, 0.6) is 0 Å². The van der Waals surface area contributed by atoms with Crippen molar-refractivity contribution in [3.8, 4) is 0 Å². The van der Waals surface area contributed by atoms with Gasteiger partial charge in [0.05, 0.1) is 11.4 Å². The average molecular weight is 634 g/mol. The molecule has 2 heterocycles. The molecule has 1 aliphatic carbocycles. The van der Waals surface area contributed by atoms with Crippen LogP contribution in [0.3, 0.4) is 0 Å². The quantitative estimate of drug-likeness (QED) is 0.105. The number of amidine groups is 1. The van der Waals surface area contributed by atoms with Crippen molar-refractivity contribution in [3.63, 3.8) is 0 Å². The molecule has 0 bridgehead atoms. The van der Waals surface area contributed by atoms with Crippen molar-refractivity contribution in [2.75, 3.05) is 13.7 Å². The molecule has 13 nitrogen and oxygen atoms in total. The van der Waals surface area contributed by atoms with Crippen LogP contribution in [0, 0.1) is 16.7 Å². The van der Waals surface area contributed by atoms with E-state index in [1.54, 1.807) is 53.7 Å². The topological polar surface area (TPSA) is 198 Å². The van der Waals surface area contributed by atoms with Crippen LogP contribution >= 0.6 is 0 Å². The summed E-state index contributed by atoms with van der Waals surface area (Å²) in [4.78, 5) is 45.7. The highest BCUT2D eigenvalue weighted by molar-refractivity contribution is 6.10. The number of ether oxygens (including phenoxy) is 4. The number of esters is 2. The van der Waals surface area contributed by atoms with E-state index in [4.69, 9.17) is 30.1 Å². The maximum atomic E-state index is 13.1. The second-order valence-electron chi connectivity index (χ2n) is 13.8. The van der Waals surface area contributed by atoms with Crippen LogP contribution in [-0.4, -0.2) is 83.8 Å². The number of nitrogens with one attached hydrogen (secondary N) is 3. The highest BCUT2D eigenvalue weighted by Crippen LogP contribution is 2.41. The summed E-state index contributed by atoms with van der Waals surface area (Å²) in [7, 11) is 1.40. The Morgan fingerprint density at radius 3 is 2.42 bits per heavy atom. The Balaban J connectivity index is 1.84. The number of nitrogens with two attached hydrogens (primary N) is 1. The second kappa shape index (κ2) is 15.0. The Bertz CT molecular complexity index is 1230. The van der Waals surface area contributed by atoms with Crippen molar-refractivity contribution in [1.29, 1.82) is 5.41 Å². The van der Waals surface area contributed by atoms with Crippen molar-refractivity contribution in [1.82, 2.24) is 10.3 Å². The molecule has 13 heteroatoms. The molecule has 1 saturated carbocycles. The van der Waals surface area contributed by atoms with Crippen molar-refractivity contribution < 1.29 is 38.4 Å². The number of aliphatic hydroxyl groups is 1. The fourth-order valence-electron chi connectivity index (χ4n) is 5.47. The lowest BCUT2D eigenvalue weighted by molar-refractivity contribution is -0.163. The molecule has 1 aromatic heterocycles. The largest absolute Gasteiger partial charge is 0.463 e. The third-order valence-electron chi connectivity index (χ3n) is 8.87. The van der Waals surface area contributed by atoms with Crippen LogP contribution in [0.1, 0.15) is 97.9 Å². The number of nitrogens with zero attached hydrogens (tertiary/aromatic N) is 1. The number of aromatic amines is 1. The highest BCUT2D eigenvalue weighted by Gasteiger charge is 2.56. The molecular weight excluding hydrogens is 582 g/mol. The normalized spacial score (nSPS) is 25.7. The lowest BCUT2D eigenvalue weighted by Crippen LogP contribution is -2.48. The van der Waals surface area contributed by atoms with Crippen LogP contribution < -0.4 is 11.1 Å². The van der Waals surface area contributed by atoms with Gasteiger partial charge in [0, 0.05) is 13.5 Å². The van der Waals surface area contributed by atoms with Gasteiger partial charge in [-0.25, -0.2) is 4.99 Å². The summed E-state index contributed by atoms with van der Waals surface area (Å²) in [6.07, 6.45) is 4.00. The first-order valence-corrected chi connectivity index (χ1v) is 15.6. The third kappa shape index (κ3) is 8.99. The molecule has 1 saturated heterocycles. The van der Waals surface area contributed by atoms with E-state index in [2.05, 4.69) is 15.3 Å². The Kier molecular flexibility index (Phi) is 12.1. The molecule has 0 spiro atoms. The summed E-state index contributed by atoms with van der Waals surface area (Å²) in [5, 5.41) is 21.7. The molecule has 2 fully saturated rings. The van der Waals surface area contributed by atoms with Crippen LogP contribution in [0.25, 0.3) is 0 Å².